The molecular weight excluding hydrogens is 234 g/mol. The molecule has 1 saturated heterocycles. The molecule has 0 aliphatic carbocycles. The summed E-state index contributed by atoms with van der Waals surface area (Å²) in [6, 6.07) is 11.1. The van der Waals surface area contributed by atoms with E-state index in [1.807, 2.05) is 0 Å². The number of piperazine rings is 1. The average molecular weight is 261 g/mol. The van der Waals surface area contributed by atoms with Crippen molar-refractivity contribution < 1.29 is 0 Å². The molecule has 2 N–H and O–H groups in total. The Kier molecular flexibility index (Phi) is 5.83. The molecule has 0 radical (unpaired) electrons. The van der Waals surface area contributed by atoms with Gasteiger partial charge in [0.1, 0.15) is 0 Å². The highest BCUT2D eigenvalue weighted by molar-refractivity contribution is 5.14. The molecule has 1 aromatic carbocycles. The Balaban J connectivity index is 1.70. The van der Waals surface area contributed by atoms with E-state index in [9.17, 15) is 0 Å². The van der Waals surface area contributed by atoms with Gasteiger partial charge < -0.3 is 5.73 Å². The predicted molar refractivity (Wildman–Crippen MR) is 81.0 cm³/mol. The van der Waals surface area contributed by atoms with Gasteiger partial charge in [0.2, 0.25) is 0 Å². The molecule has 3 heteroatoms. The van der Waals surface area contributed by atoms with Gasteiger partial charge in [0.15, 0.2) is 0 Å². The molecule has 106 valence electrons. The maximum absolute atomic E-state index is 6.12. The van der Waals surface area contributed by atoms with Crippen LogP contribution in [0.2, 0.25) is 0 Å². The third kappa shape index (κ3) is 4.94. The van der Waals surface area contributed by atoms with Gasteiger partial charge in [-0.3, -0.25) is 9.80 Å². The van der Waals surface area contributed by atoms with Crippen molar-refractivity contribution >= 4 is 0 Å². The fraction of sp³-hybridized carbons (Fsp3) is 0.625. The molecule has 1 unspecified atom stereocenters. The summed E-state index contributed by atoms with van der Waals surface area (Å²) in [6.07, 6.45) is 2.33. The van der Waals surface area contributed by atoms with Gasteiger partial charge in [0, 0.05) is 45.3 Å². The highest BCUT2D eigenvalue weighted by Crippen LogP contribution is 2.09. The summed E-state index contributed by atoms with van der Waals surface area (Å²) in [4.78, 5) is 5.05. The van der Waals surface area contributed by atoms with Crippen molar-refractivity contribution in [2.75, 3.05) is 32.7 Å². The van der Waals surface area contributed by atoms with Gasteiger partial charge in [-0.05, 0) is 12.0 Å². The van der Waals surface area contributed by atoms with Crippen molar-refractivity contribution in [3.8, 4) is 0 Å². The fourth-order valence-electron chi connectivity index (χ4n) is 2.77. The molecule has 1 fully saturated rings. The number of nitrogens with zero attached hydrogens (tertiary/aromatic N) is 2. The molecule has 1 atom stereocenters. The van der Waals surface area contributed by atoms with Gasteiger partial charge in [0.05, 0.1) is 0 Å². The lowest BCUT2D eigenvalue weighted by molar-refractivity contribution is 0.121. The van der Waals surface area contributed by atoms with Gasteiger partial charge in [0.25, 0.3) is 0 Å². The summed E-state index contributed by atoms with van der Waals surface area (Å²) in [5, 5.41) is 0. The zero-order chi connectivity index (χ0) is 13.5. The SMILES string of the molecule is CCCC(N)CN1CCN(Cc2ccccc2)CC1. The van der Waals surface area contributed by atoms with Crippen molar-refractivity contribution in [2.24, 2.45) is 5.73 Å². The molecule has 0 saturated carbocycles. The number of hydrogen-bond donors (Lipinski definition) is 1. The van der Waals surface area contributed by atoms with Crippen molar-refractivity contribution in [2.45, 2.75) is 32.4 Å². The van der Waals surface area contributed by atoms with E-state index in [2.05, 4.69) is 47.1 Å². The summed E-state index contributed by atoms with van der Waals surface area (Å²) in [7, 11) is 0. The molecule has 1 aliphatic heterocycles. The zero-order valence-corrected chi connectivity index (χ0v) is 12.1. The normalized spacial score (nSPS) is 19.5. The van der Waals surface area contributed by atoms with E-state index in [1.54, 1.807) is 0 Å². The van der Waals surface area contributed by atoms with Crippen LogP contribution in [0.1, 0.15) is 25.3 Å². The van der Waals surface area contributed by atoms with Crippen LogP contribution in [0.25, 0.3) is 0 Å². The molecule has 1 aromatic rings. The van der Waals surface area contributed by atoms with Crippen LogP contribution in [0, 0.1) is 0 Å². The maximum atomic E-state index is 6.12. The third-order valence-electron chi connectivity index (χ3n) is 3.87. The molecule has 1 heterocycles. The number of nitrogens with two attached hydrogens (primary N) is 1. The van der Waals surface area contributed by atoms with Crippen molar-refractivity contribution in [1.29, 1.82) is 0 Å². The van der Waals surface area contributed by atoms with Crippen molar-refractivity contribution in [3.63, 3.8) is 0 Å². The van der Waals surface area contributed by atoms with Crippen LogP contribution in [0.15, 0.2) is 30.3 Å². The van der Waals surface area contributed by atoms with Crippen LogP contribution in [0.3, 0.4) is 0 Å². The minimum Gasteiger partial charge on any atom is -0.327 e. The van der Waals surface area contributed by atoms with Crippen LogP contribution in [-0.4, -0.2) is 48.6 Å². The molecule has 0 bridgehead atoms. The highest BCUT2D eigenvalue weighted by atomic mass is 15.3. The lowest BCUT2D eigenvalue weighted by Gasteiger charge is -2.35. The molecule has 0 amide bonds. The second-order valence-electron chi connectivity index (χ2n) is 5.61. The van der Waals surface area contributed by atoms with E-state index in [0.717, 1.165) is 45.7 Å². The van der Waals surface area contributed by atoms with Gasteiger partial charge in [-0.1, -0.05) is 43.7 Å². The Hall–Kier alpha value is -0.900. The van der Waals surface area contributed by atoms with Crippen LogP contribution >= 0.6 is 0 Å². The molecule has 0 spiro atoms. The summed E-state index contributed by atoms with van der Waals surface area (Å²) in [6.45, 7) is 8.98. The Labute approximate surface area is 117 Å². The van der Waals surface area contributed by atoms with Crippen LogP contribution in [0.4, 0.5) is 0 Å². The van der Waals surface area contributed by atoms with Crippen molar-refractivity contribution in [3.05, 3.63) is 35.9 Å². The van der Waals surface area contributed by atoms with Crippen LogP contribution in [-0.2, 0) is 6.54 Å². The monoisotopic (exact) mass is 261 g/mol. The minimum absolute atomic E-state index is 0.352. The van der Waals surface area contributed by atoms with Gasteiger partial charge in [-0.2, -0.15) is 0 Å². The number of hydrogen-bond acceptors (Lipinski definition) is 3. The van der Waals surface area contributed by atoms with Gasteiger partial charge >= 0.3 is 0 Å². The Morgan fingerprint density at radius 1 is 1.05 bits per heavy atom. The first-order valence-electron chi connectivity index (χ1n) is 7.52. The third-order valence-corrected chi connectivity index (χ3v) is 3.87. The topological polar surface area (TPSA) is 32.5 Å². The Morgan fingerprint density at radius 2 is 1.68 bits per heavy atom. The molecule has 19 heavy (non-hydrogen) atoms. The standard InChI is InChI=1S/C16H27N3/c1-2-6-16(17)14-19-11-9-18(10-12-19)13-15-7-4-3-5-8-15/h3-5,7-8,16H,2,6,9-14,17H2,1H3. The Bertz CT molecular complexity index is 344. The van der Waals surface area contributed by atoms with E-state index >= 15 is 0 Å². The zero-order valence-electron chi connectivity index (χ0n) is 12.1. The molecule has 3 nitrogen and oxygen atoms in total. The van der Waals surface area contributed by atoms with Crippen LogP contribution < -0.4 is 5.73 Å². The lowest BCUT2D eigenvalue weighted by atomic mass is 10.1. The van der Waals surface area contributed by atoms with Gasteiger partial charge in [-0.25, -0.2) is 0 Å². The fourth-order valence-corrected chi connectivity index (χ4v) is 2.77. The average Bonchev–Trinajstić information content (AvgIpc) is 2.42. The van der Waals surface area contributed by atoms with Crippen molar-refractivity contribution in [1.82, 2.24) is 9.80 Å². The van der Waals surface area contributed by atoms with E-state index in [4.69, 9.17) is 5.73 Å². The summed E-state index contributed by atoms with van der Waals surface area (Å²) >= 11 is 0. The summed E-state index contributed by atoms with van der Waals surface area (Å²) in [5.74, 6) is 0. The first-order chi connectivity index (χ1) is 9.28. The summed E-state index contributed by atoms with van der Waals surface area (Å²) in [5.41, 5.74) is 7.53. The second kappa shape index (κ2) is 7.63. The van der Waals surface area contributed by atoms with Crippen LogP contribution in [0.5, 0.6) is 0 Å². The predicted octanol–water partition coefficient (Wildman–Crippen LogP) is 1.93. The maximum Gasteiger partial charge on any atom is 0.0234 e. The first-order valence-corrected chi connectivity index (χ1v) is 7.52. The van der Waals surface area contributed by atoms with E-state index in [0.29, 0.717) is 6.04 Å². The second-order valence-corrected chi connectivity index (χ2v) is 5.61. The molecule has 2 rings (SSSR count). The minimum atomic E-state index is 0.352. The van der Waals surface area contributed by atoms with E-state index in [1.165, 1.54) is 12.0 Å². The first kappa shape index (κ1) is 14.5. The summed E-state index contributed by atoms with van der Waals surface area (Å²) < 4.78 is 0. The van der Waals surface area contributed by atoms with E-state index < -0.39 is 0 Å². The quantitative estimate of drug-likeness (QED) is 0.849. The Morgan fingerprint density at radius 3 is 2.32 bits per heavy atom. The largest absolute Gasteiger partial charge is 0.327 e. The lowest BCUT2D eigenvalue weighted by Crippen LogP contribution is -2.49. The molecule has 0 aromatic heterocycles. The van der Waals surface area contributed by atoms with Gasteiger partial charge in [-0.15, -0.1) is 0 Å². The smallest absolute Gasteiger partial charge is 0.0234 e. The van der Waals surface area contributed by atoms with E-state index in [-0.39, 0.29) is 0 Å². The molecule has 1 aliphatic rings. The molecular formula is C16H27N3. The number of benzene rings is 1. The highest BCUT2D eigenvalue weighted by Gasteiger charge is 2.18. The number of rotatable bonds is 6.